The fourth-order valence-electron chi connectivity index (χ4n) is 2.79. The number of carboxylic acids is 1. The van der Waals surface area contributed by atoms with Crippen molar-refractivity contribution in [3.05, 3.63) is 35.4 Å². The van der Waals surface area contributed by atoms with E-state index >= 15 is 0 Å². The zero-order chi connectivity index (χ0) is 18.2. The van der Waals surface area contributed by atoms with Crippen LogP contribution in [0.4, 0.5) is 5.69 Å². The molecular weight excluding hydrogens is 308 g/mol. The number of hydrogen-bond donors (Lipinski definition) is 2. The van der Waals surface area contributed by atoms with Gasteiger partial charge in [-0.15, -0.1) is 0 Å². The van der Waals surface area contributed by atoms with Crippen molar-refractivity contribution in [3.63, 3.8) is 0 Å². The van der Waals surface area contributed by atoms with E-state index in [1.807, 2.05) is 19.9 Å². The summed E-state index contributed by atoms with van der Waals surface area (Å²) in [6.07, 6.45) is 2.97. The van der Waals surface area contributed by atoms with Crippen LogP contribution in [-0.4, -0.2) is 31.3 Å². The SMILES string of the molecule is Cc1cc(C(=O)Nc2cnn(C(C)(C)C(=O)O)c2)c(C)n1C(C)C. The number of carbonyl (C=O) groups excluding carboxylic acids is 1. The smallest absolute Gasteiger partial charge is 0.331 e. The van der Waals surface area contributed by atoms with Crippen molar-refractivity contribution in [2.45, 2.75) is 53.1 Å². The number of nitrogens with zero attached hydrogens (tertiary/aromatic N) is 3. The molecule has 0 radical (unpaired) electrons. The van der Waals surface area contributed by atoms with Crippen molar-refractivity contribution in [1.82, 2.24) is 14.3 Å². The molecule has 2 N–H and O–H groups in total. The number of rotatable bonds is 5. The first-order valence-electron chi connectivity index (χ1n) is 7.84. The third-order valence-corrected chi connectivity index (χ3v) is 4.18. The lowest BCUT2D eigenvalue weighted by Crippen LogP contribution is -2.35. The van der Waals surface area contributed by atoms with Crippen LogP contribution in [0.5, 0.6) is 0 Å². The maximum Gasteiger partial charge on any atom is 0.331 e. The standard InChI is InChI=1S/C17H24N4O3/c1-10(2)21-11(3)7-14(12(21)4)15(22)19-13-8-18-20(9-13)17(5,6)16(23)24/h7-10H,1-6H3,(H,19,22)(H,23,24). The second-order valence-corrected chi connectivity index (χ2v) is 6.74. The number of anilines is 1. The molecular formula is C17H24N4O3. The summed E-state index contributed by atoms with van der Waals surface area (Å²) >= 11 is 0. The van der Waals surface area contributed by atoms with E-state index in [0.717, 1.165) is 11.4 Å². The maximum atomic E-state index is 12.5. The Hall–Kier alpha value is -2.57. The van der Waals surface area contributed by atoms with Crippen LogP contribution in [0.2, 0.25) is 0 Å². The van der Waals surface area contributed by atoms with E-state index in [4.69, 9.17) is 0 Å². The highest BCUT2D eigenvalue weighted by Crippen LogP contribution is 2.22. The van der Waals surface area contributed by atoms with Gasteiger partial charge in [0.1, 0.15) is 0 Å². The molecule has 0 aliphatic heterocycles. The van der Waals surface area contributed by atoms with Crippen molar-refractivity contribution in [2.24, 2.45) is 0 Å². The molecule has 0 aliphatic rings. The summed E-state index contributed by atoms with van der Waals surface area (Å²) in [5.74, 6) is -1.23. The van der Waals surface area contributed by atoms with Gasteiger partial charge < -0.3 is 15.0 Å². The first kappa shape index (κ1) is 17.8. The minimum Gasteiger partial charge on any atom is -0.479 e. The number of carbonyl (C=O) groups is 2. The summed E-state index contributed by atoms with van der Waals surface area (Å²) in [4.78, 5) is 23.8. The highest BCUT2D eigenvalue weighted by molar-refractivity contribution is 6.05. The van der Waals surface area contributed by atoms with Crippen molar-refractivity contribution >= 4 is 17.6 Å². The quantitative estimate of drug-likeness (QED) is 0.881. The normalized spacial score (nSPS) is 11.8. The van der Waals surface area contributed by atoms with Gasteiger partial charge in [0.15, 0.2) is 5.54 Å². The lowest BCUT2D eigenvalue weighted by Gasteiger charge is -2.19. The zero-order valence-electron chi connectivity index (χ0n) is 14.9. The van der Waals surface area contributed by atoms with Crippen LogP contribution in [0.25, 0.3) is 0 Å². The predicted molar refractivity (Wildman–Crippen MR) is 91.4 cm³/mol. The molecule has 2 aromatic rings. The van der Waals surface area contributed by atoms with Gasteiger partial charge in [0.05, 0.1) is 17.4 Å². The molecule has 2 aromatic heterocycles. The Labute approximate surface area is 141 Å². The van der Waals surface area contributed by atoms with Gasteiger partial charge in [-0.2, -0.15) is 5.10 Å². The van der Waals surface area contributed by atoms with Crippen LogP contribution in [0, 0.1) is 13.8 Å². The molecule has 0 saturated heterocycles. The molecule has 130 valence electrons. The van der Waals surface area contributed by atoms with Gasteiger partial charge >= 0.3 is 5.97 Å². The third-order valence-electron chi connectivity index (χ3n) is 4.18. The van der Waals surface area contributed by atoms with E-state index in [0.29, 0.717) is 11.3 Å². The number of amides is 1. The number of aliphatic carboxylic acids is 1. The molecule has 7 heteroatoms. The van der Waals surface area contributed by atoms with Gasteiger partial charge in [0.2, 0.25) is 0 Å². The molecule has 7 nitrogen and oxygen atoms in total. The fourth-order valence-corrected chi connectivity index (χ4v) is 2.79. The van der Waals surface area contributed by atoms with Crippen LogP contribution in [-0.2, 0) is 10.3 Å². The minimum atomic E-state index is -1.18. The number of carboxylic acid groups (broad SMARTS) is 1. The van der Waals surface area contributed by atoms with Gasteiger partial charge in [-0.1, -0.05) is 0 Å². The maximum absolute atomic E-state index is 12.5. The number of aromatic nitrogens is 3. The highest BCUT2D eigenvalue weighted by Gasteiger charge is 2.30. The summed E-state index contributed by atoms with van der Waals surface area (Å²) < 4.78 is 3.42. The van der Waals surface area contributed by atoms with Crippen LogP contribution in [0.3, 0.4) is 0 Å². The molecule has 0 bridgehead atoms. The topological polar surface area (TPSA) is 89.2 Å². The van der Waals surface area contributed by atoms with Gasteiger partial charge in [-0.3, -0.25) is 9.48 Å². The van der Waals surface area contributed by atoms with Gasteiger partial charge in [-0.25, -0.2) is 4.79 Å². The van der Waals surface area contributed by atoms with Crippen molar-refractivity contribution < 1.29 is 14.7 Å². The first-order chi connectivity index (χ1) is 11.1. The Bertz CT molecular complexity index is 784. The Balaban J connectivity index is 2.24. The summed E-state index contributed by atoms with van der Waals surface area (Å²) in [6, 6.07) is 2.13. The summed E-state index contributed by atoms with van der Waals surface area (Å²) in [7, 11) is 0. The summed E-state index contributed by atoms with van der Waals surface area (Å²) in [5.41, 5.74) is 1.81. The van der Waals surface area contributed by atoms with E-state index in [9.17, 15) is 14.7 Å². The molecule has 2 heterocycles. The molecule has 0 atom stereocenters. The summed E-state index contributed by atoms with van der Waals surface area (Å²) in [5, 5.41) is 16.1. The average Bonchev–Trinajstić information content (AvgIpc) is 3.03. The lowest BCUT2D eigenvalue weighted by molar-refractivity contribution is -0.146. The molecule has 1 amide bonds. The fraction of sp³-hybridized carbons (Fsp3) is 0.471. The van der Waals surface area contributed by atoms with Gasteiger partial charge in [0.25, 0.3) is 5.91 Å². The van der Waals surface area contributed by atoms with E-state index < -0.39 is 11.5 Å². The zero-order valence-corrected chi connectivity index (χ0v) is 14.9. The third kappa shape index (κ3) is 3.06. The van der Waals surface area contributed by atoms with Crippen LogP contribution < -0.4 is 5.32 Å². The van der Waals surface area contributed by atoms with Crippen LogP contribution in [0.15, 0.2) is 18.5 Å². The average molecular weight is 332 g/mol. The number of hydrogen-bond acceptors (Lipinski definition) is 3. The van der Waals surface area contributed by atoms with Crippen LogP contribution in [0.1, 0.15) is 55.5 Å². The molecule has 2 rings (SSSR count). The highest BCUT2D eigenvalue weighted by atomic mass is 16.4. The Morgan fingerprint density at radius 1 is 1.29 bits per heavy atom. The lowest BCUT2D eigenvalue weighted by atomic mass is 10.1. The summed E-state index contributed by atoms with van der Waals surface area (Å²) in [6.45, 7) is 11.1. The van der Waals surface area contributed by atoms with Crippen molar-refractivity contribution in [2.75, 3.05) is 5.32 Å². The van der Waals surface area contributed by atoms with E-state index in [2.05, 4.69) is 28.8 Å². The van der Waals surface area contributed by atoms with Crippen LogP contribution >= 0.6 is 0 Å². The minimum absolute atomic E-state index is 0.234. The molecule has 0 spiro atoms. The first-order valence-corrected chi connectivity index (χ1v) is 7.84. The molecule has 24 heavy (non-hydrogen) atoms. The molecule has 0 aromatic carbocycles. The van der Waals surface area contributed by atoms with Crippen molar-refractivity contribution in [3.8, 4) is 0 Å². The van der Waals surface area contributed by atoms with Gasteiger partial charge in [0, 0.05) is 23.6 Å². The number of nitrogens with one attached hydrogen (secondary N) is 1. The predicted octanol–water partition coefficient (Wildman–Crippen LogP) is 2.95. The van der Waals surface area contributed by atoms with Crippen molar-refractivity contribution in [1.29, 1.82) is 0 Å². The second kappa shape index (κ2) is 6.14. The van der Waals surface area contributed by atoms with E-state index in [1.54, 1.807) is 13.8 Å². The molecule has 0 fully saturated rings. The largest absolute Gasteiger partial charge is 0.479 e. The molecule has 0 saturated carbocycles. The Morgan fingerprint density at radius 3 is 2.42 bits per heavy atom. The molecule has 0 unspecified atom stereocenters. The number of aryl methyl sites for hydroxylation is 1. The monoisotopic (exact) mass is 332 g/mol. The van der Waals surface area contributed by atoms with Gasteiger partial charge in [-0.05, 0) is 47.6 Å². The Morgan fingerprint density at radius 2 is 1.92 bits per heavy atom. The molecule has 0 aliphatic carbocycles. The van der Waals surface area contributed by atoms with E-state index in [-0.39, 0.29) is 11.9 Å². The Kier molecular flexibility index (Phi) is 4.55. The second-order valence-electron chi connectivity index (χ2n) is 6.74. The van der Waals surface area contributed by atoms with E-state index in [1.165, 1.54) is 17.1 Å².